The molecule has 0 aliphatic rings. The molecule has 0 radical (unpaired) electrons. The van der Waals surface area contributed by atoms with Crippen molar-refractivity contribution >= 4 is 11.9 Å². The summed E-state index contributed by atoms with van der Waals surface area (Å²) in [5, 5.41) is 18.9. The molecule has 0 heterocycles. The molecule has 0 saturated carbocycles. The van der Waals surface area contributed by atoms with E-state index >= 15 is 0 Å². The number of rotatable bonds is 15. The van der Waals surface area contributed by atoms with Crippen molar-refractivity contribution in [2.45, 2.75) is 98.3 Å². The van der Waals surface area contributed by atoms with E-state index in [1.165, 1.54) is 0 Å². The van der Waals surface area contributed by atoms with Crippen molar-refractivity contribution < 1.29 is 19.8 Å². The van der Waals surface area contributed by atoms with Gasteiger partial charge in [-0.3, -0.25) is 4.79 Å². The zero-order chi connectivity index (χ0) is 19.2. The number of allylic oxidation sites excluding steroid dienone is 1. The van der Waals surface area contributed by atoms with E-state index in [0.717, 1.165) is 69.8 Å². The van der Waals surface area contributed by atoms with Gasteiger partial charge in [0.2, 0.25) is 0 Å². The molecule has 2 atom stereocenters. The molecule has 0 aliphatic carbocycles. The lowest BCUT2D eigenvalue weighted by atomic mass is 9.76. The molecule has 0 spiro atoms. The Kier molecular flexibility index (Phi) is 13.2. The van der Waals surface area contributed by atoms with Crippen LogP contribution in [0.1, 0.15) is 98.3 Å². The fourth-order valence-corrected chi connectivity index (χ4v) is 3.72. The summed E-state index contributed by atoms with van der Waals surface area (Å²) in [5.74, 6) is -1.74. The number of carboxylic acids is 2. The number of hydrogen-bond acceptors (Lipinski definition) is 2. The highest BCUT2D eigenvalue weighted by molar-refractivity contribution is 5.93. The molecular formula is C21H38O4. The number of carboxylic acid groups (broad SMARTS) is 2. The first kappa shape index (κ1) is 23.7. The first-order valence-electron chi connectivity index (χ1n) is 10.1. The second-order valence-corrected chi connectivity index (χ2v) is 7.01. The molecule has 0 fully saturated rings. The van der Waals surface area contributed by atoms with Crippen LogP contribution in [0, 0.1) is 11.8 Å². The third kappa shape index (κ3) is 9.08. The maximum atomic E-state index is 11.9. The Labute approximate surface area is 153 Å². The molecule has 2 N–H and O–H groups in total. The van der Waals surface area contributed by atoms with Crippen LogP contribution in [0.5, 0.6) is 0 Å². The monoisotopic (exact) mass is 354 g/mol. The maximum absolute atomic E-state index is 11.9. The van der Waals surface area contributed by atoms with E-state index in [4.69, 9.17) is 0 Å². The van der Waals surface area contributed by atoms with Gasteiger partial charge in [-0.1, -0.05) is 71.8 Å². The molecule has 25 heavy (non-hydrogen) atoms. The molecule has 0 aromatic carbocycles. The highest BCUT2D eigenvalue weighted by atomic mass is 16.4. The third-order valence-electron chi connectivity index (χ3n) is 5.11. The van der Waals surface area contributed by atoms with Crippen LogP contribution in [0.15, 0.2) is 11.1 Å². The average Bonchev–Trinajstić information content (AvgIpc) is 2.57. The van der Waals surface area contributed by atoms with E-state index in [1.807, 2.05) is 0 Å². The molecule has 4 heteroatoms. The molecule has 4 nitrogen and oxygen atoms in total. The van der Waals surface area contributed by atoms with Gasteiger partial charge in [0.25, 0.3) is 0 Å². The predicted molar refractivity (Wildman–Crippen MR) is 103 cm³/mol. The van der Waals surface area contributed by atoms with E-state index in [2.05, 4.69) is 27.7 Å². The normalized spacial score (nSPS) is 13.3. The largest absolute Gasteiger partial charge is 0.481 e. The van der Waals surface area contributed by atoms with Crippen LogP contribution in [-0.2, 0) is 9.59 Å². The molecule has 0 rings (SSSR count). The van der Waals surface area contributed by atoms with Crippen LogP contribution in [0.3, 0.4) is 0 Å². The third-order valence-corrected chi connectivity index (χ3v) is 5.11. The predicted octanol–water partition coefficient (Wildman–Crippen LogP) is 6.06. The molecule has 0 aliphatic heterocycles. The number of unbranched alkanes of at least 4 members (excludes halogenated alkanes) is 4. The summed E-state index contributed by atoms with van der Waals surface area (Å²) in [6, 6.07) is 0. The molecule has 0 saturated heterocycles. The topological polar surface area (TPSA) is 74.6 Å². The van der Waals surface area contributed by atoms with Crippen molar-refractivity contribution in [3.8, 4) is 0 Å². The van der Waals surface area contributed by atoms with Crippen LogP contribution in [-0.4, -0.2) is 22.2 Å². The lowest BCUT2D eigenvalue weighted by molar-refractivity contribution is -0.139. The Hall–Kier alpha value is -1.32. The molecule has 0 aromatic heterocycles. The number of aliphatic carboxylic acids is 2. The van der Waals surface area contributed by atoms with Gasteiger partial charge in [-0.15, -0.1) is 0 Å². The first-order chi connectivity index (χ1) is 11.9. The van der Waals surface area contributed by atoms with Crippen LogP contribution < -0.4 is 0 Å². The van der Waals surface area contributed by atoms with Gasteiger partial charge in [-0.25, -0.2) is 4.79 Å². The van der Waals surface area contributed by atoms with Crippen LogP contribution in [0.4, 0.5) is 0 Å². The van der Waals surface area contributed by atoms with Gasteiger partial charge in [-0.05, 0) is 37.5 Å². The van der Waals surface area contributed by atoms with Crippen molar-refractivity contribution in [3.05, 3.63) is 11.1 Å². The lowest BCUT2D eigenvalue weighted by Crippen LogP contribution is -2.21. The van der Waals surface area contributed by atoms with Gasteiger partial charge in [0.15, 0.2) is 0 Å². The Bertz CT molecular complexity index is 406. The van der Waals surface area contributed by atoms with E-state index in [0.29, 0.717) is 0 Å². The molecule has 146 valence electrons. The van der Waals surface area contributed by atoms with Crippen molar-refractivity contribution in [2.75, 3.05) is 0 Å². The fourth-order valence-electron chi connectivity index (χ4n) is 3.72. The summed E-state index contributed by atoms with van der Waals surface area (Å²) in [7, 11) is 0. The van der Waals surface area contributed by atoms with E-state index < -0.39 is 11.9 Å². The van der Waals surface area contributed by atoms with Crippen LogP contribution in [0.25, 0.3) is 0 Å². The average molecular weight is 355 g/mol. The summed E-state index contributed by atoms with van der Waals surface area (Å²) in [6.07, 6.45) is 9.97. The van der Waals surface area contributed by atoms with Crippen molar-refractivity contribution in [1.29, 1.82) is 0 Å². The smallest absolute Gasteiger partial charge is 0.332 e. The zero-order valence-electron chi connectivity index (χ0n) is 16.6. The minimum absolute atomic E-state index is 0.138. The molecule has 2 unspecified atom stereocenters. The van der Waals surface area contributed by atoms with Gasteiger partial charge in [0.05, 0.1) is 6.42 Å². The van der Waals surface area contributed by atoms with Crippen molar-refractivity contribution in [3.63, 3.8) is 0 Å². The Morgan fingerprint density at radius 2 is 1.20 bits per heavy atom. The Balaban J connectivity index is 5.77. The summed E-state index contributed by atoms with van der Waals surface area (Å²) in [6.45, 7) is 8.50. The molecule has 0 bridgehead atoms. The van der Waals surface area contributed by atoms with Crippen LogP contribution in [0.2, 0.25) is 0 Å². The van der Waals surface area contributed by atoms with Crippen molar-refractivity contribution in [2.24, 2.45) is 11.8 Å². The SMILES string of the molecule is CCCCCC(CC)C(=C(CC(=O)O)C(=O)O)C(CC)CCCCC. The van der Waals surface area contributed by atoms with Gasteiger partial charge < -0.3 is 10.2 Å². The molecule has 0 amide bonds. The summed E-state index contributed by atoms with van der Waals surface area (Å²) >= 11 is 0. The number of hydrogen-bond donors (Lipinski definition) is 2. The standard InChI is InChI=1S/C21H38O4/c1-5-9-11-13-16(7-3)20(17(8-4)14-12-10-6-2)18(21(24)25)15-19(22)23/h16-17H,5-15H2,1-4H3,(H,22,23)(H,24,25). The Morgan fingerprint density at radius 3 is 1.48 bits per heavy atom. The fraction of sp³-hybridized carbons (Fsp3) is 0.810. The molecule has 0 aromatic rings. The second-order valence-electron chi connectivity index (χ2n) is 7.01. The highest BCUT2D eigenvalue weighted by Crippen LogP contribution is 2.36. The minimum atomic E-state index is -1.06. The second kappa shape index (κ2) is 13.9. The van der Waals surface area contributed by atoms with Crippen molar-refractivity contribution in [1.82, 2.24) is 0 Å². The minimum Gasteiger partial charge on any atom is -0.481 e. The Morgan fingerprint density at radius 1 is 0.760 bits per heavy atom. The van der Waals surface area contributed by atoms with E-state index in [9.17, 15) is 19.8 Å². The quantitative estimate of drug-likeness (QED) is 0.277. The van der Waals surface area contributed by atoms with Gasteiger partial charge in [-0.2, -0.15) is 0 Å². The summed E-state index contributed by atoms with van der Waals surface area (Å²) in [4.78, 5) is 23.1. The van der Waals surface area contributed by atoms with E-state index in [1.54, 1.807) is 0 Å². The first-order valence-corrected chi connectivity index (χ1v) is 10.1. The summed E-state index contributed by atoms with van der Waals surface area (Å²) in [5.41, 5.74) is 1.06. The summed E-state index contributed by atoms with van der Waals surface area (Å²) < 4.78 is 0. The van der Waals surface area contributed by atoms with Gasteiger partial charge in [0.1, 0.15) is 0 Å². The number of carbonyl (C=O) groups is 2. The lowest BCUT2D eigenvalue weighted by Gasteiger charge is -2.29. The van der Waals surface area contributed by atoms with Gasteiger partial charge >= 0.3 is 11.9 Å². The van der Waals surface area contributed by atoms with Crippen LogP contribution >= 0.6 is 0 Å². The zero-order valence-corrected chi connectivity index (χ0v) is 16.6. The van der Waals surface area contributed by atoms with Gasteiger partial charge in [0, 0.05) is 5.57 Å². The maximum Gasteiger partial charge on any atom is 0.332 e. The van der Waals surface area contributed by atoms with E-state index in [-0.39, 0.29) is 23.8 Å². The molecular weight excluding hydrogens is 316 g/mol. The highest BCUT2D eigenvalue weighted by Gasteiger charge is 2.28.